The summed E-state index contributed by atoms with van der Waals surface area (Å²) in [7, 11) is 0. The molecule has 2 amide bonds. The molecule has 27 heavy (non-hydrogen) atoms. The Bertz CT molecular complexity index is 790. The molecule has 6 heteroatoms. The molecule has 0 spiro atoms. The van der Waals surface area contributed by atoms with Crippen molar-refractivity contribution in [3.05, 3.63) is 59.9 Å². The largest absolute Gasteiger partial charge is 0.368 e. The lowest BCUT2D eigenvalue weighted by atomic mass is 9.94. The van der Waals surface area contributed by atoms with Crippen LogP contribution in [-0.2, 0) is 11.2 Å². The summed E-state index contributed by atoms with van der Waals surface area (Å²) in [5.41, 5.74) is 7.67. The molecule has 0 radical (unpaired) electrons. The molecule has 1 aromatic heterocycles. The van der Waals surface area contributed by atoms with Crippen molar-refractivity contribution in [1.29, 1.82) is 0 Å². The molecule has 6 nitrogen and oxygen atoms in total. The normalized spacial score (nSPS) is 24.9. The average molecular weight is 366 g/mol. The van der Waals surface area contributed by atoms with Crippen LogP contribution < -0.4 is 5.73 Å². The number of primary amides is 1. The fourth-order valence-electron chi connectivity index (χ4n) is 4.68. The highest BCUT2D eigenvalue weighted by atomic mass is 16.2. The van der Waals surface area contributed by atoms with Gasteiger partial charge in [-0.3, -0.25) is 14.5 Å². The molecule has 2 saturated heterocycles. The summed E-state index contributed by atoms with van der Waals surface area (Å²) in [6.07, 6.45) is 3.75. The van der Waals surface area contributed by atoms with Gasteiger partial charge in [-0.1, -0.05) is 30.3 Å². The summed E-state index contributed by atoms with van der Waals surface area (Å²) in [5.74, 6) is 0.195. The Hall–Kier alpha value is -2.60. The van der Waals surface area contributed by atoms with Gasteiger partial charge in [0, 0.05) is 31.7 Å². The number of nitrogens with one attached hydrogen (secondary N) is 1. The number of aromatic amines is 1. The van der Waals surface area contributed by atoms with Crippen molar-refractivity contribution in [3.63, 3.8) is 0 Å². The molecule has 2 fully saturated rings. The minimum Gasteiger partial charge on any atom is -0.368 e. The van der Waals surface area contributed by atoms with Crippen LogP contribution in [0.1, 0.15) is 22.5 Å². The van der Waals surface area contributed by atoms with E-state index in [1.165, 1.54) is 5.56 Å². The molecule has 3 N–H and O–H groups in total. The molecule has 1 aromatic carbocycles. The van der Waals surface area contributed by atoms with E-state index < -0.39 is 0 Å². The first-order chi connectivity index (χ1) is 13.1. The maximum Gasteiger partial charge on any atom is 0.270 e. The van der Waals surface area contributed by atoms with Gasteiger partial charge in [0.15, 0.2) is 0 Å². The molecule has 0 aliphatic carbocycles. The van der Waals surface area contributed by atoms with Crippen molar-refractivity contribution >= 4 is 11.8 Å². The predicted octanol–water partition coefficient (Wildman–Crippen LogP) is 1.51. The van der Waals surface area contributed by atoms with E-state index in [0.29, 0.717) is 24.7 Å². The van der Waals surface area contributed by atoms with E-state index >= 15 is 0 Å². The van der Waals surface area contributed by atoms with E-state index in [9.17, 15) is 9.59 Å². The Labute approximate surface area is 159 Å². The quantitative estimate of drug-likeness (QED) is 0.813. The highest BCUT2D eigenvalue weighted by molar-refractivity contribution is 5.92. The third-order valence-electron chi connectivity index (χ3n) is 5.92. The van der Waals surface area contributed by atoms with Gasteiger partial charge in [0.25, 0.3) is 5.91 Å². The standard InChI is InChI=1S/C21H26N4O2/c22-20(26)19-17-14-25(21(27)18-9-4-10-23-18)13-16(17)12-24(19)11-5-8-15-6-2-1-3-7-15/h1-4,6-7,9-10,16-17,19,23H,5,8,11-14H2,(H2,22,26)/t16?,17-,19?/m1/s1. The Morgan fingerprint density at radius 3 is 2.59 bits per heavy atom. The molecule has 2 aromatic rings. The van der Waals surface area contributed by atoms with Crippen LogP contribution in [0.4, 0.5) is 0 Å². The molecule has 0 saturated carbocycles. The van der Waals surface area contributed by atoms with Crippen LogP contribution in [0.15, 0.2) is 48.7 Å². The summed E-state index contributed by atoms with van der Waals surface area (Å²) < 4.78 is 0. The van der Waals surface area contributed by atoms with Gasteiger partial charge < -0.3 is 15.6 Å². The minimum atomic E-state index is -0.271. The third-order valence-corrected chi connectivity index (χ3v) is 5.92. The van der Waals surface area contributed by atoms with Crippen LogP contribution in [0.5, 0.6) is 0 Å². The third kappa shape index (κ3) is 3.62. The second-order valence-electron chi connectivity index (χ2n) is 7.65. The van der Waals surface area contributed by atoms with Crippen LogP contribution >= 0.6 is 0 Å². The van der Waals surface area contributed by atoms with Gasteiger partial charge in [0.1, 0.15) is 5.69 Å². The van der Waals surface area contributed by atoms with Gasteiger partial charge in [0.05, 0.1) is 6.04 Å². The molecule has 3 atom stereocenters. The minimum absolute atomic E-state index is 0.00764. The Morgan fingerprint density at radius 1 is 1.07 bits per heavy atom. The summed E-state index contributed by atoms with van der Waals surface area (Å²) in [6, 6.07) is 13.7. The smallest absolute Gasteiger partial charge is 0.270 e. The Balaban J connectivity index is 1.37. The van der Waals surface area contributed by atoms with Crippen molar-refractivity contribution in [2.24, 2.45) is 17.6 Å². The number of carbonyl (C=O) groups excluding carboxylic acids is 2. The average Bonchev–Trinajstić information content (AvgIpc) is 3.37. The number of H-pyrrole nitrogens is 1. The zero-order chi connectivity index (χ0) is 18.8. The number of rotatable bonds is 6. The van der Waals surface area contributed by atoms with Gasteiger partial charge in [0.2, 0.25) is 5.91 Å². The number of nitrogens with zero attached hydrogens (tertiary/aromatic N) is 2. The number of likely N-dealkylation sites (tertiary alicyclic amines) is 2. The molecule has 4 rings (SSSR count). The SMILES string of the molecule is NC(=O)C1[C@@H]2CN(C(=O)c3ccc[nH]3)CC2CN1CCCc1ccccc1. The van der Waals surface area contributed by atoms with Gasteiger partial charge in [-0.15, -0.1) is 0 Å². The number of nitrogens with two attached hydrogens (primary N) is 1. The molecular formula is C21H26N4O2. The lowest BCUT2D eigenvalue weighted by Crippen LogP contribution is -2.46. The number of aromatic nitrogens is 1. The van der Waals surface area contributed by atoms with Crippen molar-refractivity contribution in [1.82, 2.24) is 14.8 Å². The van der Waals surface area contributed by atoms with E-state index in [1.807, 2.05) is 17.0 Å². The van der Waals surface area contributed by atoms with Crippen LogP contribution in [0.2, 0.25) is 0 Å². The first kappa shape index (κ1) is 17.8. The highest BCUT2D eigenvalue weighted by Crippen LogP contribution is 2.36. The first-order valence-electron chi connectivity index (χ1n) is 9.63. The molecular weight excluding hydrogens is 340 g/mol. The van der Waals surface area contributed by atoms with E-state index in [2.05, 4.69) is 34.1 Å². The van der Waals surface area contributed by atoms with Crippen LogP contribution in [0.3, 0.4) is 0 Å². The number of hydrogen-bond donors (Lipinski definition) is 2. The number of fused-ring (bicyclic) bond motifs is 1. The predicted molar refractivity (Wildman–Crippen MR) is 103 cm³/mol. The zero-order valence-corrected chi connectivity index (χ0v) is 15.4. The van der Waals surface area contributed by atoms with Crippen molar-refractivity contribution in [3.8, 4) is 0 Å². The Morgan fingerprint density at radius 2 is 1.89 bits per heavy atom. The number of hydrogen-bond acceptors (Lipinski definition) is 3. The fraction of sp³-hybridized carbons (Fsp3) is 0.429. The number of amides is 2. The zero-order valence-electron chi connectivity index (χ0n) is 15.4. The molecule has 2 unspecified atom stereocenters. The first-order valence-corrected chi connectivity index (χ1v) is 9.63. The molecule has 2 aliphatic rings. The van der Waals surface area contributed by atoms with E-state index in [-0.39, 0.29) is 23.8 Å². The van der Waals surface area contributed by atoms with Gasteiger partial charge >= 0.3 is 0 Å². The Kier molecular flexibility index (Phi) is 4.99. The summed E-state index contributed by atoms with van der Waals surface area (Å²) in [5, 5.41) is 0. The summed E-state index contributed by atoms with van der Waals surface area (Å²) >= 11 is 0. The maximum absolute atomic E-state index is 12.6. The lowest BCUT2D eigenvalue weighted by molar-refractivity contribution is -0.123. The van der Waals surface area contributed by atoms with E-state index in [1.54, 1.807) is 12.3 Å². The maximum atomic E-state index is 12.6. The molecule has 142 valence electrons. The lowest BCUT2D eigenvalue weighted by Gasteiger charge is -2.27. The second-order valence-corrected chi connectivity index (χ2v) is 7.65. The van der Waals surface area contributed by atoms with E-state index in [4.69, 9.17) is 5.73 Å². The second kappa shape index (κ2) is 7.56. The van der Waals surface area contributed by atoms with Gasteiger partial charge in [-0.25, -0.2) is 0 Å². The number of carbonyl (C=O) groups is 2. The van der Waals surface area contributed by atoms with Gasteiger partial charge in [-0.05, 0) is 43.0 Å². The monoisotopic (exact) mass is 366 g/mol. The van der Waals surface area contributed by atoms with Crippen molar-refractivity contribution < 1.29 is 9.59 Å². The van der Waals surface area contributed by atoms with Crippen LogP contribution in [-0.4, -0.2) is 58.8 Å². The number of benzene rings is 1. The summed E-state index contributed by atoms with van der Waals surface area (Å²) in [4.78, 5) is 31.8. The van der Waals surface area contributed by atoms with Crippen LogP contribution in [0, 0.1) is 11.8 Å². The molecule has 3 heterocycles. The molecule has 0 bridgehead atoms. The highest BCUT2D eigenvalue weighted by Gasteiger charge is 2.50. The topological polar surface area (TPSA) is 82.4 Å². The van der Waals surface area contributed by atoms with E-state index in [0.717, 1.165) is 25.9 Å². The van der Waals surface area contributed by atoms with Crippen molar-refractivity contribution in [2.75, 3.05) is 26.2 Å². The van der Waals surface area contributed by atoms with Crippen LogP contribution in [0.25, 0.3) is 0 Å². The number of aryl methyl sites for hydroxylation is 1. The molecule has 2 aliphatic heterocycles. The fourth-order valence-corrected chi connectivity index (χ4v) is 4.68. The van der Waals surface area contributed by atoms with Crippen molar-refractivity contribution in [2.45, 2.75) is 18.9 Å². The summed E-state index contributed by atoms with van der Waals surface area (Å²) in [6.45, 7) is 2.99. The van der Waals surface area contributed by atoms with Gasteiger partial charge in [-0.2, -0.15) is 0 Å².